The van der Waals surface area contributed by atoms with Crippen molar-refractivity contribution in [2.45, 2.75) is 19.4 Å². The van der Waals surface area contributed by atoms with E-state index in [0.717, 1.165) is 11.3 Å². The number of hydrogen-bond acceptors (Lipinski definition) is 4. The largest absolute Gasteiger partial charge is 0.494 e. The predicted molar refractivity (Wildman–Crippen MR) is 73.7 cm³/mol. The van der Waals surface area contributed by atoms with Gasteiger partial charge in [-0.1, -0.05) is 12.1 Å². The quantitative estimate of drug-likeness (QED) is 0.821. The Morgan fingerprint density at radius 2 is 1.89 bits per heavy atom. The lowest BCUT2D eigenvalue weighted by molar-refractivity contribution is 0.340. The van der Waals surface area contributed by atoms with Crippen molar-refractivity contribution in [2.75, 3.05) is 25.7 Å². The first-order valence-electron chi connectivity index (χ1n) is 6.04. The summed E-state index contributed by atoms with van der Waals surface area (Å²) in [6.45, 7) is 2.58. The number of benzene rings is 1. The first-order valence-corrected chi connectivity index (χ1v) is 8.10. The molecule has 0 saturated carbocycles. The van der Waals surface area contributed by atoms with Crippen molar-refractivity contribution in [1.82, 2.24) is 5.32 Å². The van der Waals surface area contributed by atoms with Crippen LogP contribution in [0.15, 0.2) is 24.3 Å². The summed E-state index contributed by atoms with van der Waals surface area (Å²) in [6.07, 6.45) is 1.83. The topological polar surface area (TPSA) is 55.4 Å². The SMILES string of the molecule is CCOc1ccc(C(CCS(C)(=O)=O)NC)cc1. The molecule has 0 aliphatic heterocycles. The molecule has 102 valence electrons. The smallest absolute Gasteiger partial charge is 0.147 e. The molecule has 0 aromatic heterocycles. The van der Waals surface area contributed by atoms with E-state index in [4.69, 9.17) is 4.74 Å². The first kappa shape index (κ1) is 15.0. The molecule has 0 radical (unpaired) electrons. The second-order valence-electron chi connectivity index (χ2n) is 4.26. The molecule has 1 atom stereocenters. The van der Waals surface area contributed by atoms with Gasteiger partial charge in [-0.25, -0.2) is 8.42 Å². The summed E-state index contributed by atoms with van der Waals surface area (Å²) in [4.78, 5) is 0. The second-order valence-corrected chi connectivity index (χ2v) is 6.52. The highest BCUT2D eigenvalue weighted by molar-refractivity contribution is 7.90. The normalized spacial score (nSPS) is 13.3. The molecule has 5 heteroatoms. The van der Waals surface area contributed by atoms with Gasteiger partial charge in [0.1, 0.15) is 15.6 Å². The van der Waals surface area contributed by atoms with E-state index in [1.807, 2.05) is 38.2 Å². The van der Waals surface area contributed by atoms with Crippen LogP contribution in [0.25, 0.3) is 0 Å². The summed E-state index contributed by atoms with van der Waals surface area (Å²) >= 11 is 0. The molecule has 1 unspecified atom stereocenters. The van der Waals surface area contributed by atoms with Crippen LogP contribution in [0.2, 0.25) is 0 Å². The maximum Gasteiger partial charge on any atom is 0.147 e. The lowest BCUT2D eigenvalue weighted by atomic mass is 10.0. The van der Waals surface area contributed by atoms with Gasteiger partial charge in [0.05, 0.1) is 12.4 Å². The molecule has 0 bridgehead atoms. The van der Waals surface area contributed by atoms with Crippen LogP contribution in [-0.4, -0.2) is 34.1 Å². The van der Waals surface area contributed by atoms with Crippen molar-refractivity contribution in [3.8, 4) is 5.75 Å². The van der Waals surface area contributed by atoms with E-state index in [-0.39, 0.29) is 11.8 Å². The fourth-order valence-corrected chi connectivity index (χ4v) is 2.44. The van der Waals surface area contributed by atoms with E-state index < -0.39 is 9.84 Å². The van der Waals surface area contributed by atoms with Crippen LogP contribution in [0.3, 0.4) is 0 Å². The molecule has 0 aliphatic carbocycles. The zero-order valence-corrected chi connectivity index (χ0v) is 12.0. The van der Waals surface area contributed by atoms with Crippen LogP contribution in [0.4, 0.5) is 0 Å². The van der Waals surface area contributed by atoms with Crippen molar-refractivity contribution >= 4 is 9.84 Å². The molecule has 0 saturated heterocycles. The van der Waals surface area contributed by atoms with Crippen molar-refractivity contribution in [3.05, 3.63) is 29.8 Å². The third-order valence-corrected chi connectivity index (χ3v) is 3.70. The minimum absolute atomic E-state index is 0.0513. The lowest BCUT2D eigenvalue weighted by Gasteiger charge is -2.16. The van der Waals surface area contributed by atoms with Gasteiger partial charge in [0, 0.05) is 12.3 Å². The Balaban J connectivity index is 2.70. The van der Waals surface area contributed by atoms with E-state index >= 15 is 0 Å². The Bertz CT molecular complexity index is 454. The van der Waals surface area contributed by atoms with Crippen LogP contribution in [0.1, 0.15) is 24.9 Å². The molecule has 1 aromatic rings. The van der Waals surface area contributed by atoms with Crippen LogP contribution in [0, 0.1) is 0 Å². The second kappa shape index (κ2) is 6.75. The van der Waals surface area contributed by atoms with Gasteiger partial charge in [-0.15, -0.1) is 0 Å². The minimum atomic E-state index is -2.92. The average molecular weight is 271 g/mol. The zero-order valence-electron chi connectivity index (χ0n) is 11.1. The Morgan fingerprint density at radius 1 is 1.28 bits per heavy atom. The van der Waals surface area contributed by atoms with Gasteiger partial charge >= 0.3 is 0 Å². The fourth-order valence-electron chi connectivity index (χ4n) is 1.77. The van der Waals surface area contributed by atoms with Crippen molar-refractivity contribution in [2.24, 2.45) is 0 Å². The Kier molecular flexibility index (Phi) is 5.62. The summed E-state index contributed by atoms with van der Waals surface area (Å²) < 4.78 is 27.7. The number of nitrogens with one attached hydrogen (secondary N) is 1. The van der Waals surface area contributed by atoms with Crippen LogP contribution in [-0.2, 0) is 9.84 Å². The van der Waals surface area contributed by atoms with Gasteiger partial charge < -0.3 is 10.1 Å². The molecule has 0 aliphatic rings. The maximum atomic E-state index is 11.2. The average Bonchev–Trinajstić information content (AvgIpc) is 2.31. The van der Waals surface area contributed by atoms with Gasteiger partial charge in [0.15, 0.2) is 0 Å². The van der Waals surface area contributed by atoms with E-state index in [9.17, 15) is 8.42 Å². The molecule has 0 spiro atoms. The van der Waals surface area contributed by atoms with E-state index in [1.165, 1.54) is 6.26 Å². The van der Waals surface area contributed by atoms with E-state index in [0.29, 0.717) is 13.0 Å². The number of rotatable bonds is 7. The standard InChI is InChI=1S/C13H21NO3S/c1-4-17-12-7-5-11(6-8-12)13(14-2)9-10-18(3,15)16/h5-8,13-14H,4,9-10H2,1-3H3. The van der Waals surface area contributed by atoms with Gasteiger partial charge in [0.2, 0.25) is 0 Å². The van der Waals surface area contributed by atoms with E-state index in [2.05, 4.69) is 5.32 Å². The highest BCUT2D eigenvalue weighted by Gasteiger charge is 2.12. The fraction of sp³-hybridized carbons (Fsp3) is 0.538. The molecular weight excluding hydrogens is 250 g/mol. The van der Waals surface area contributed by atoms with E-state index in [1.54, 1.807) is 0 Å². The lowest BCUT2D eigenvalue weighted by Crippen LogP contribution is -2.19. The van der Waals surface area contributed by atoms with Crippen LogP contribution < -0.4 is 10.1 Å². The summed E-state index contributed by atoms with van der Waals surface area (Å²) in [7, 11) is -1.08. The maximum absolute atomic E-state index is 11.2. The summed E-state index contributed by atoms with van der Waals surface area (Å²) in [5.74, 6) is 1.02. The van der Waals surface area contributed by atoms with Crippen molar-refractivity contribution in [1.29, 1.82) is 0 Å². The monoisotopic (exact) mass is 271 g/mol. The molecule has 4 nitrogen and oxygen atoms in total. The Morgan fingerprint density at radius 3 is 2.33 bits per heavy atom. The Labute approximate surface area is 109 Å². The Hall–Kier alpha value is -1.07. The van der Waals surface area contributed by atoms with Crippen molar-refractivity contribution in [3.63, 3.8) is 0 Å². The third kappa shape index (κ3) is 5.06. The number of sulfone groups is 1. The molecule has 18 heavy (non-hydrogen) atoms. The highest BCUT2D eigenvalue weighted by Crippen LogP contribution is 2.20. The predicted octanol–water partition coefficient (Wildman–Crippen LogP) is 1.78. The summed E-state index contributed by atoms with van der Waals surface area (Å²) in [5.41, 5.74) is 1.07. The molecule has 1 N–H and O–H groups in total. The third-order valence-electron chi connectivity index (χ3n) is 2.72. The first-order chi connectivity index (χ1) is 8.46. The van der Waals surface area contributed by atoms with Crippen molar-refractivity contribution < 1.29 is 13.2 Å². The molecule has 0 heterocycles. The molecular formula is C13H21NO3S. The molecule has 0 fully saturated rings. The van der Waals surface area contributed by atoms with Crippen LogP contribution in [0.5, 0.6) is 5.75 Å². The number of ether oxygens (including phenoxy) is 1. The highest BCUT2D eigenvalue weighted by atomic mass is 32.2. The van der Waals surface area contributed by atoms with Gasteiger partial charge in [0.25, 0.3) is 0 Å². The molecule has 0 amide bonds. The minimum Gasteiger partial charge on any atom is -0.494 e. The van der Waals surface area contributed by atoms with Gasteiger partial charge in [-0.2, -0.15) is 0 Å². The summed E-state index contributed by atoms with van der Waals surface area (Å²) in [6, 6.07) is 7.80. The van der Waals surface area contributed by atoms with Gasteiger partial charge in [-0.05, 0) is 38.1 Å². The molecule has 1 aromatic carbocycles. The number of hydrogen-bond donors (Lipinski definition) is 1. The summed E-state index contributed by atoms with van der Waals surface area (Å²) in [5, 5.41) is 3.14. The van der Waals surface area contributed by atoms with Crippen LogP contribution >= 0.6 is 0 Å². The van der Waals surface area contributed by atoms with Gasteiger partial charge in [-0.3, -0.25) is 0 Å². The zero-order chi connectivity index (χ0) is 13.6. The molecule has 1 rings (SSSR count).